The van der Waals surface area contributed by atoms with Crippen LogP contribution in [-0.2, 0) is 5.60 Å². The first-order valence-electron chi connectivity index (χ1n) is 5.46. The maximum absolute atomic E-state index is 13.7. The van der Waals surface area contributed by atoms with Crippen LogP contribution in [0, 0.1) is 11.6 Å². The zero-order valence-corrected chi connectivity index (χ0v) is 10.0. The third-order valence-corrected chi connectivity index (χ3v) is 3.47. The highest BCUT2D eigenvalue weighted by Crippen LogP contribution is 2.41. The first-order valence-corrected chi connectivity index (χ1v) is 5.84. The van der Waals surface area contributed by atoms with Crippen LogP contribution in [0.2, 0.25) is 5.02 Å². The summed E-state index contributed by atoms with van der Waals surface area (Å²) in [5.74, 6) is -1.57. The molecule has 17 heavy (non-hydrogen) atoms. The molecule has 1 aromatic carbocycles. The van der Waals surface area contributed by atoms with Crippen molar-refractivity contribution in [2.75, 3.05) is 0 Å². The predicted octanol–water partition coefficient (Wildman–Crippen LogP) is 3.94. The monoisotopic (exact) mass is 258 g/mol. The van der Waals surface area contributed by atoms with E-state index in [0.717, 1.165) is 17.7 Å². The molecule has 4 heteroatoms. The topological polar surface area (TPSA) is 20.2 Å². The van der Waals surface area contributed by atoms with Crippen molar-refractivity contribution < 1.29 is 13.9 Å². The van der Waals surface area contributed by atoms with Gasteiger partial charge in [-0.05, 0) is 37.8 Å². The summed E-state index contributed by atoms with van der Waals surface area (Å²) in [6, 6.07) is 2.06. The van der Waals surface area contributed by atoms with Crippen molar-refractivity contribution in [3.05, 3.63) is 46.5 Å². The SMILES string of the molecule is C=C1CCC(O)(c2c(F)cc(Cl)cc2F)CC1. The average molecular weight is 259 g/mol. The Labute approximate surface area is 104 Å². The van der Waals surface area contributed by atoms with Gasteiger partial charge in [0.1, 0.15) is 11.6 Å². The zero-order chi connectivity index (χ0) is 12.6. The van der Waals surface area contributed by atoms with Gasteiger partial charge in [-0.15, -0.1) is 0 Å². The van der Waals surface area contributed by atoms with Crippen molar-refractivity contribution in [3.63, 3.8) is 0 Å². The van der Waals surface area contributed by atoms with E-state index in [1.165, 1.54) is 0 Å². The Hall–Kier alpha value is -0.930. The maximum atomic E-state index is 13.7. The van der Waals surface area contributed by atoms with Crippen LogP contribution in [0.15, 0.2) is 24.3 Å². The summed E-state index contributed by atoms with van der Waals surface area (Å²) < 4.78 is 27.5. The lowest BCUT2D eigenvalue weighted by molar-refractivity contribution is 0.00270. The average Bonchev–Trinajstić information content (AvgIpc) is 2.21. The number of halogens is 3. The molecule has 1 saturated carbocycles. The Morgan fingerprint density at radius 1 is 1.18 bits per heavy atom. The minimum absolute atomic E-state index is 0.00688. The molecule has 0 radical (unpaired) electrons. The van der Waals surface area contributed by atoms with Crippen molar-refractivity contribution in [2.24, 2.45) is 0 Å². The lowest BCUT2D eigenvalue weighted by Gasteiger charge is -2.34. The zero-order valence-electron chi connectivity index (χ0n) is 9.27. The molecule has 0 bridgehead atoms. The summed E-state index contributed by atoms with van der Waals surface area (Å²) >= 11 is 5.55. The van der Waals surface area contributed by atoms with Crippen LogP contribution >= 0.6 is 11.6 Å². The third-order valence-electron chi connectivity index (χ3n) is 3.26. The molecule has 0 unspecified atom stereocenters. The van der Waals surface area contributed by atoms with E-state index in [1.807, 2.05) is 0 Å². The minimum Gasteiger partial charge on any atom is -0.385 e. The molecule has 1 aliphatic carbocycles. The molecule has 92 valence electrons. The van der Waals surface area contributed by atoms with Crippen LogP contribution < -0.4 is 0 Å². The van der Waals surface area contributed by atoms with Crippen LogP contribution in [0.5, 0.6) is 0 Å². The van der Waals surface area contributed by atoms with Gasteiger partial charge in [-0.3, -0.25) is 0 Å². The summed E-state index contributed by atoms with van der Waals surface area (Å²) in [7, 11) is 0. The number of aliphatic hydroxyl groups is 1. The molecule has 0 spiro atoms. The second kappa shape index (κ2) is 4.39. The summed E-state index contributed by atoms with van der Waals surface area (Å²) in [5, 5.41) is 10.3. The summed E-state index contributed by atoms with van der Waals surface area (Å²) in [5.41, 5.74) is -0.709. The lowest BCUT2D eigenvalue weighted by atomic mass is 9.77. The molecule has 1 aliphatic rings. The molecular formula is C13H13ClF2O. The van der Waals surface area contributed by atoms with Crippen molar-refractivity contribution in [2.45, 2.75) is 31.3 Å². The van der Waals surface area contributed by atoms with Crippen LogP contribution in [0.3, 0.4) is 0 Å². The van der Waals surface area contributed by atoms with Crippen LogP contribution in [0.4, 0.5) is 8.78 Å². The van der Waals surface area contributed by atoms with Gasteiger partial charge in [0.05, 0.1) is 11.2 Å². The number of hydrogen-bond donors (Lipinski definition) is 1. The summed E-state index contributed by atoms with van der Waals surface area (Å²) in [6.45, 7) is 3.81. The van der Waals surface area contributed by atoms with Crippen molar-refractivity contribution in [3.8, 4) is 0 Å². The highest BCUT2D eigenvalue weighted by atomic mass is 35.5. The fourth-order valence-electron chi connectivity index (χ4n) is 2.25. The molecule has 1 aromatic rings. The van der Waals surface area contributed by atoms with Crippen molar-refractivity contribution in [1.29, 1.82) is 0 Å². The molecule has 2 rings (SSSR count). The van der Waals surface area contributed by atoms with Crippen molar-refractivity contribution >= 4 is 11.6 Å². The van der Waals surface area contributed by atoms with E-state index in [-0.39, 0.29) is 10.6 Å². The molecule has 0 aromatic heterocycles. The molecule has 0 amide bonds. The molecule has 0 atom stereocenters. The fourth-order valence-corrected chi connectivity index (χ4v) is 2.45. The Kier molecular flexibility index (Phi) is 3.23. The second-order valence-electron chi connectivity index (χ2n) is 4.53. The van der Waals surface area contributed by atoms with E-state index in [4.69, 9.17) is 11.6 Å². The number of rotatable bonds is 1. The Balaban J connectivity index is 2.43. The summed E-state index contributed by atoms with van der Waals surface area (Å²) in [6.07, 6.45) is 1.75. The van der Waals surface area contributed by atoms with Crippen molar-refractivity contribution in [1.82, 2.24) is 0 Å². The van der Waals surface area contributed by atoms with Crippen LogP contribution in [0.1, 0.15) is 31.2 Å². The van der Waals surface area contributed by atoms with Gasteiger partial charge in [0.25, 0.3) is 0 Å². The Bertz CT molecular complexity index is 437. The van der Waals surface area contributed by atoms with Gasteiger partial charge in [-0.2, -0.15) is 0 Å². The van der Waals surface area contributed by atoms with E-state index in [9.17, 15) is 13.9 Å². The molecule has 0 heterocycles. The molecular weight excluding hydrogens is 246 g/mol. The Morgan fingerprint density at radius 2 is 1.65 bits per heavy atom. The molecule has 0 saturated heterocycles. The first-order chi connectivity index (χ1) is 7.92. The molecule has 1 N–H and O–H groups in total. The fraction of sp³-hybridized carbons (Fsp3) is 0.385. The first kappa shape index (κ1) is 12.5. The van der Waals surface area contributed by atoms with E-state index in [1.54, 1.807) is 0 Å². The van der Waals surface area contributed by atoms with E-state index >= 15 is 0 Å². The molecule has 1 fully saturated rings. The predicted molar refractivity (Wildman–Crippen MR) is 62.9 cm³/mol. The van der Waals surface area contributed by atoms with E-state index in [2.05, 4.69) is 6.58 Å². The summed E-state index contributed by atoms with van der Waals surface area (Å²) in [4.78, 5) is 0. The van der Waals surface area contributed by atoms with Gasteiger partial charge < -0.3 is 5.11 Å². The third kappa shape index (κ3) is 2.35. The second-order valence-corrected chi connectivity index (χ2v) is 4.96. The molecule has 0 aliphatic heterocycles. The van der Waals surface area contributed by atoms with Gasteiger partial charge in [-0.1, -0.05) is 23.8 Å². The Morgan fingerprint density at radius 3 is 2.12 bits per heavy atom. The highest BCUT2D eigenvalue weighted by molar-refractivity contribution is 6.30. The minimum atomic E-state index is -1.44. The normalized spacial score (nSPS) is 19.4. The number of allylic oxidation sites excluding steroid dienone is 1. The maximum Gasteiger partial charge on any atom is 0.133 e. The van der Waals surface area contributed by atoms with Gasteiger partial charge >= 0.3 is 0 Å². The quantitative estimate of drug-likeness (QED) is 0.757. The van der Waals surface area contributed by atoms with Gasteiger partial charge in [0.15, 0.2) is 0 Å². The van der Waals surface area contributed by atoms with Crippen LogP contribution in [0.25, 0.3) is 0 Å². The van der Waals surface area contributed by atoms with Crippen LogP contribution in [-0.4, -0.2) is 5.11 Å². The highest BCUT2D eigenvalue weighted by Gasteiger charge is 2.37. The van der Waals surface area contributed by atoms with Gasteiger partial charge in [0, 0.05) is 5.02 Å². The van der Waals surface area contributed by atoms with E-state index < -0.39 is 17.2 Å². The van der Waals surface area contributed by atoms with Gasteiger partial charge in [0.2, 0.25) is 0 Å². The largest absolute Gasteiger partial charge is 0.385 e. The standard InChI is InChI=1S/C13H13ClF2O/c1-8-2-4-13(17,5-3-8)12-10(15)6-9(14)7-11(12)16/h6-7,17H,1-5H2. The van der Waals surface area contributed by atoms with Gasteiger partial charge in [-0.25, -0.2) is 8.78 Å². The van der Waals surface area contributed by atoms with E-state index in [0.29, 0.717) is 25.7 Å². The smallest absolute Gasteiger partial charge is 0.133 e. The number of hydrogen-bond acceptors (Lipinski definition) is 1. The number of benzene rings is 1. The molecule has 1 nitrogen and oxygen atoms in total. The lowest BCUT2D eigenvalue weighted by Crippen LogP contribution is -2.31.